The van der Waals surface area contributed by atoms with Gasteiger partial charge in [-0.05, 0) is 22.9 Å². The van der Waals surface area contributed by atoms with Crippen molar-refractivity contribution in [2.24, 2.45) is 0 Å². The van der Waals surface area contributed by atoms with Gasteiger partial charge in [0.1, 0.15) is 0 Å². The van der Waals surface area contributed by atoms with Gasteiger partial charge in [-0.15, -0.1) is 0 Å². The van der Waals surface area contributed by atoms with Crippen molar-refractivity contribution in [1.82, 2.24) is 0 Å². The van der Waals surface area contributed by atoms with Crippen LogP contribution in [0.25, 0.3) is 10.8 Å². The van der Waals surface area contributed by atoms with Crippen LogP contribution in [0.15, 0.2) is 42.5 Å². The van der Waals surface area contributed by atoms with E-state index in [0.29, 0.717) is 5.69 Å². The van der Waals surface area contributed by atoms with E-state index in [9.17, 15) is 14.9 Å². The maximum absolute atomic E-state index is 11.2. The average Bonchev–Trinajstić information content (AvgIpc) is 2.27. The lowest BCUT2D eigenvalue weighted by Crippen LogP contribution is -2.21. The number of rotatable bonds is 3. The summed E-state index contributed by atoms with van der Waals surface area (Å²) in [5.74, 6) is -0.620. The van der Waals surface area contributed by atoms with Crippen molar-refractivity contribution < 1.29 is 9.72 Å². The van der Waals surface area contributed by atoms with Crippen LogP contribution in [-0.2, 0) is 4.79 Å². The van der Waals surface area contributed by atoms with Crippen molar-refractivity contribution in [2.75, 3.05) is 11.9 Å². The van der Waals surface area contributed by atoms with E-state index in [1.165, 1.54) is 0 Å². The fourth-order valence-corrected chi connectivity index (χ4v) is 1.58. The summed E-state index contributed by atoms with van der Waals surface area (Å²) < 4.78 is 0. The summed E-state index contributed by atoms with van der Waals surface area (Å²) >= 11 is 0. The molecule has 0 fully saturated rings. The van der Waals surface area contributed by atoms with Crippen LogP contribution in [0.2, 0.25) is 0 Å². The highest BCUT2D eigenvalue weighted by molar-refractivity contribution is 5.94. The van der Waals surface area contributed by atoms with E-state index in [2.05, 4.69) is 5.32 Å². The van der Waals surface area contributed by atoms with Crippen molar-refractivity contribution >= 4 is 22.4 Å². The van der Waals surface area contributed by atoms with Crippen molar-refractivity contribution in [3.05, 3.63) is 52.6 Å². The number of nitrogens with zero attached hydrogens (tertiary/aromatic N) is 1. The van der Waals surface area contributed by atoms with Crippen LogP contribution < -0.4 is 5.32 Å². The minimum absolute atomic E-state index is 0.565. The van der Waals surface area contributed by atoms with Gasteiger partial charge in [-0.25, -0.2) is 0 Å². The van der Waals surface area contributed by atoms with Gasteiger partial charge >= 0.3 is 0 Å². The topological polar surface area (TPSA) is 72.2 Å². The largest absolute Gasteiger partial charge is 0.320 e. The zero-order valence-corrected chi connectivity index (χ0v) is 8.92. The fraction of sp³-hybridized carbons (Fsp3) is 0.0833. The van der Waals surface area contributed by atoms with E-state index in [1.807, 2.05) is 30.3 Å². The molecule has 0 aliphatic rings. The highest BCUT2D eigenvalue weighted by atomic mass is 16.6. The van der Waals surface area contributed by atoms with Gasteiger partial charge < -0.3 is 5.32 Å². The van der Waals surface area contributed by atoms with E-state index in [0.717, 1.165) is 10.8 Å². The minimum Gasteiger partial charge on any atom is -0.320 e. The lowest BCUT2D eigenvalue weighted by molar-refractivity contribution is -0.467. The Morgan fingerprint density at radius 2 is 1.88 bits per heavy atom. The summed E-state index contributed by atoms with van der Waals surface area (Å²) in [5, 5.41) is 14.7. The van der Waals surface area contributed by atoms with E-state index < -0.39 is 17.4 Å². The van der Waals surface area contributed by atoms with Gasteiger partial charge in [-0.1, -0.05) is 30.3 Å². The molecule has 2 aromatic carbocycles. The summed E-state index contributed by atoms with van der Waals surface area (Å²) in [6.07, 6.45) is 0. The van der Waals surface area contributed by atoms with Gasteiger partial charge in [0.2, 0.25) is 0 Å². The Labute approximate surface area is 97.2 Å². The van der Waals surface area contributed by atoms with E-state index in [4.69, 9.17) is 0 Å². The third-order valence-electron chi connectivity index (χ3n) is 2.31. The predicted molar refractivity (Wildman–Crippen MR) is 64.4 cm³/mol. The van der Waals surface area contributed by atoms with E-state index >= 15 is 0 Å². The second-order valence-corrected chi connectivity index (χ2v) is 3.60. The van der Waals surface area contributed by atoms with Crippen LogP contribution in [0.3, 0.4) is 0 Å². The lowest BCUT2D eigenvalue weighted by Gasteiger charge is -2.04. The molecule has 2 rings (SSSR count). The highest BCUT2D eigenvalue weighted by Crippen LogP contribution is 2.18. The number of nitrogens with one attached hydrogen (secondary N) is 1. The molecule has 0 unspecified atom stereocenters. The summed E-state index contributed by atoms with van der Waals surface area (Å²) in [5.41, 5.74) is 0.565. The molecule has 0 atom stereocenters. The Bertz CT molecular complexity index is 581. The molecule has 0 spiro atoms. The third kappa shape index (κ3) is 2.78. The number of fused-ring (bicyclic) bond motifs is 1. The molecule has 0 aliphatic carbocycles. The molecular formula is C12H10N2O3. The molecule has 17 heavy (non-hydrogen) atoms. The number of benzene rings is 2. The standard InChI is InChI=1S/C12H10N2O3/c15-12(8-14(16)17)13-11-6-5-9-3-1-2-4-10(9)7-11/h1-7H,8H2,(H,13,15). The first-order chi connectivity index (χ1) is 8.15. The Morgan fingerprint density at radius 3 is 2.59 bits per heavy atom. The molecule has 5 heteroatoms. The molecule has 0 radical (unpaired) electrons. The molecular weight excluding hydrogens is 220 g/mol. The minimum atomic E-state index is -0.715. The normalized spacial score (nSPS) is 10.1. The van der Waals surface area contributed by atoms with E-state index in [-0.39, 0.29) is 0 Å². The molecule has 0 bridgehead atoms. The zero-order valence-electron chi connectivity index (χ0n) is 8.92. The Morgan fingerprint density at radius 1 is 1.18 bits per heavy atom. The summed E-state index contributed by atoms with van der Waals surface area (Å²) in [7, 11) is 0. The molecule has 0 aliphatic heterocycles. The smallest absolute Gasteiger partial charge is 0.296 e. The molecule has 0 saturated heterocycles. The first-order valence-corrected chi connectivity index (χ1v) is 5.05. The maximum Gasteiger partial charge on any atom is 0.296 e. The number of carbonyl (C=O) groups is 1. The van der Waals surface area contributed by atoms with Crippen LogP contribution in [-0.4, -0.2) is 17.4 Å². The second kappa shape index (κ2) is 4.61. The molecule has 0 aromatic heterocycles. The first-order valence-electron chi connectivity index (χ1n) is 5.05. The van der Waals surface area contributed by atoms with Crippen molar-refractivity contribution in [3.8, 4) is 0 Å². The lowest BCUT2D eigenvalue weighted by atomic mass is 10.1. The Hall–Kier alpha value is -2.43. The van der Waals surface area contributed by atoms with Crippen LogP contribution in [0.4, 0.5) is 5.69 Å². The number of carbonyl (C=O) groups excluding carboxylic acids is 1. The zero-order chi connectivity index (χ0) is 12.3. The molecule has 86 valence electrons. The third-order valence-corrected chi connectivity index (χ3v) is 2.31. The average molecular weight is 230 g/mol. The molecule has 2 aromatic rings. The summed E-state index contributed by atoms with van der Waals surface area (Å²) in [4.78, 5) is 20.7. The van der Waals surface area contributed by atoms with Gasteiger partial charge in [0.25, 0.3) is 12.5 Å². The van der Waals surface area contributed by atoms with Crippen LogP contribution >= 0.6 is 0 Å². The van der Waals surface area contributed by atoms with Crippen molar-refractivity contribution in [3.63, 3.8) is 0 Å². The molecule has 0 saturated carbocycles. The van der Waals surface area contributed by atoms with Crippen molar-refractivity contribution in [2.45, 2.75) is 0 Å². The SMILES string of the molecule is O=C(C[N+](=O)[O-])Nc1ccc2ccccc2c1. The first kappa shape index (κ1) is 11.1. The van der Waals surface area contributed by atoms with Gasteiger partial charge in [0.15, 0.2) is 0 Å². The predicted octanol–water partition coefficient (Wildman–Crippen LogP) is 2.05. The Balaban J connectivity index is 2.19. The van der Waals surface area contributed by atoms with Crippen LogP contribution in [0, 0.1) is 10.1 Å². The second-order valence-electron chi connectivity index (χ2n) is 3.60. The number of nitro groups is 1. The molecule has 0 heterocycles. The molecule has 5 nitrogen and oxygen atoms in total. The summed E-state index contributed by atoms with van der Waals surface area (Å²) in [6.45, 7) is -0.715. The van der Waals surface area contributed by atoms with Gasteiger partial charge in [0.05, 0.1) is 0 Å². The van der Waals surface area contributed by atoms with Gasteiger partial charge in [-0.2, -0.15) is 0 Å². The maximum atomic E-state index is 11.2. The van der Waals surface area contributed by atoms with E-state index in [1.54, 1.807) is 12.1 Å². The Kier molecular flexibility index (Phi) is 3.00. The quantitative estimate of drug-likeness (QED) is 0.647. The van der Waals surface area contributed by atoms with Crippen LogP contribution in [0.5, 0.6) is 0 Å². The van der Waals surface area contributed by atoms with Gasteiger partial charge in [0, 0.05) is 10.6 Å². The number of anilines is 1. The molecule has 1 N–H and O–H groups in total. The number of amides is 1. The summed E-state index contributed by atoms with van der Waals surface area (Å²) in [6, 6.07) is 13.1. The van der Waals surface area contributed by atoms with Gasteiger partial charge in [-0.3, -0.25) is 14.9 Å². The fourth-order valence-electron chi connectivity index (χ4n) is 1.58. The van der Waals surface area contributed by atoms with Crippen molar-refractivity contribution in [1.29, 1.82) is 0 Å². The van der Waals surface area contributed by atoms with Crippen LogP contribution in [0.1, 0.15) is 0 Å². The highest BCUT2D eigenvalue weighted by Gasteiger charge is 2.09. The monoisotopic (exact) mass is 230 g/mol. The number of hydrogen-bond acceptors (Lipinski definition) is 3. The molecule has 1 amide bonds. The number of hydrogen-bond donors (Lipinski definition) is 1.